The van der Waals surface area contributed by atoms with Crippen LogP contribution < -0.4 is 15.2 Å². The molecule has 25 heavy (non-hydrogen) atoms. The topological polar surface area (TPSA) is 102 Å². The van der Waals surface area contributed by atoms with E-state index >= 15 is 0 Å². The first kappa shape index (κ1) is 23.8. The van der Waals surface area contributed by atoms with E-state index in [4.69, 9.17) is 22.1 Å². The van der Waals surface area contributed by atoms with Gasteiger partial charge in [0.15, 0.2) is 5.75 Å². The quantitative estimate of drug-likeness (QED) is 0.691. The lowest BCUT2D eigenvalue weighted by Crippen LogP contribution is -2.41. The normalized spacial score (nSPS) is 11.6. The van der Waals surface area contributed by atoms with Crippen LogP contribution in [0, 0.1) is 0 Å². The van der Waals surface area contributed by atoms with Crippen molar-refractivity contribution in [3.8, 4) is 5.75 Å². The molecule has 0 fully saturated rings. The molecular weight excluding hydrogens is 403 g/mol. The van der Waals surface area contributed by atoms with Gasteiger partial charge in [0.1, 0.15) is 4.90 Å². The highest BCUT2D eigenvalue weighted by Crippen LogP contribution is 2.32. The highest BCUT2D eigenvalue weighted by Gasteiger charge is 2.32. The van der Waals surface area contributed by atoms with Crippen molar-refractivity contribution in [2.45, 2.75) is 10.8 Å². The van der Waals surface area contributed by atoms with Crippen LogP contribution in [0.1, 0.15) is 10.4 Å². The minimum atomic E-state index is -4.42. The third kappa shape index (κ3) is 5.93. The fourth-order valence-corrected chi connectivity index (χ4v) is 3.29. The van der Waals surface area contributed by atoms with Gasteiger partial charge < -0.3 is 15.4 Å². The summed E-state index contributed by atoms with van der Waals surface area (Å²) in [6, 6.07) is 2.24. The molecule has 0 saturated heterocycles. The molecule has 0 atom stereocenters. The van der Waals surface area contributed by atoms with Crippen molar-refractivity contribution in [1.82, 2.24) is 9.62 Å². The van der Waals surface area contributed by atoms with Gasteiger partial charge in [-0.25, -0.2) is 21.9 Å². The van der Waals surface area contributed by atoms with Crippen LogP contribution in [0.25, 0.3) is 0 Å². The number of ether oxygens (including phenoxy) is 1. The summed E-state index contributed by atoms with van der Waals surface area (Å²) >= 11 is 5.86. The number of hydrogen-bond donors (Lipinski definition) is 2. The Hall–Kier alpha value is -1.20. The van der Waals surface area contributed by atoms with Crippen molar-refractivity contribution < 1.29 is 26.7 Å². The Morgan fingerprint density at radius 2 is 1.96 bits per heavy atom. The van der Waals surface area contributed by atoms with Gasteiger partial charge in [-0.05, 0) is 12.1 Å². The van der Waals surface area contributed by atoms with Gasteiger partial charge in [0.2, 0.25) is 10.0 Å². The van der Waals surface area contributed by atoms with Gasteiger partial charge in [-0.1, -0.05) is 11.6 Å². The third-order valence-corrected chi connectivity index (χ3v) is 4.59. The summed E-state index contributed by atoms with van der Waals surface area (Å²) in [6.45, 7) is -2.22. The van der Waals surface area contributed by atoms with Crippen molar-refractivity contribution in [2.24, 2.45) is 5.73 Å². The van der Waals surface area contributed by atoms with Gasteiger partial charge in [0.05, 0.1) is 25.8 Å². The molecule has 1 amide bonds. The largest absolute Gasteiger partial charge is 0.494 e. The summed E-state index contributed by atoms with van der Waals surface area (Å²) in [5, 5.41) is -0.0630. The molecular formula is C13H19Cl2F2N3O4S. The maximum Gasteiger partial charge on any atom is 0.273 e. The van der Waals surface area contributed by atoms with Crippen LogP contribution in [-0.4, -0.2) is 59.4 Å². The zero-order valence-electron chi connectivity index (χ0n) is 13.7. The Kier molecular flexibility index (Phi) is 8.52. The lowest BCUT2D eigenvalue weighted by atomic mass is 10.2. The van der Waals surface area contributed by atoms with Crippen molar-refractivity contribution in [3.63, 3.8) is 0 Å². The van der Waals surface area contributed by atoms with E-state index in [1.807, 2.05) is 0 Å². The van der Waals surface area contributed by atoms with Gasteiger partial charge in [-0.2, -0.15) is 0 Å². The molecule has 0 heterocycles. The van der Waals surface area contributed by atoms with Crippen LogP contribution in [0.5, 0.6) is 5.75 Å². The number of rotatable bonds is 7. The molecule has 0 aromatic heterocycles. The number of benzene rings is 1. The minimum Gasteiger partial charge on any atom is -0.494 e. The summed E-state index contributed by atoms with van der Waals surface area (Å²) in [7, 11) is -0.350. The number of nitrogens with one attached hydrogen (secondary N) is 1. The number of methoxy groups -OCH3 is 1. The van der Waals surface area contributed by atoms with E-state index in [1.165, 1.54) is 25.1 Å². The molecule has 7 nitrogen and oxygen atoms in total. The van der Waals surface area contributed by atoms with Crippen LogP contribution in [0.15, 0.2) is 17.0 Å². The molecule has 0 aliphatic carbocycles. The number of halogens is 4. The average molecular weight is 422 g/mol. The van der Waals surface area contributed by atoms with Crippen molar-refractivity contribution in [1.29, 1.82) is 0 Å². The van der Waals surface area contributed by atoms with Gasteiger partial charge in [0, 0.05) is 19.1 Å². The zero-order valence-corrected chi connectivity index (χ0v) is 16.1. The number of sulfonamides is 1. The van der Waals surface area contributed by atoms with Crippen molar-refractivity contribution in [2.75, 3.05) is 34.3 Å². The summed E-state index contributed by atoms with van der Waals surface area (Å²) in [5.41, 5.74) is 4.76. The second-order valence-electron chi connectivity index (χ2n) is 5.07. The first-order chi connectivity index (χ1) is 10.9. The number of carbonyl (C=O) groups excluding carboxylic acids is 1. The predicted molar refractivity (Wildman–Crippen MR) is 92.5 cm³/mol. The fraction of sp³-hybridized carbons (Fsp3) is 0.462. The fourth-order valence-electron chi connectivity index (χ4n) is 1.73. The Morgan fingerprint density at radius 3 is 2.40 bits per heavy atom. The van der Waals surface area contributed by atoms with E-state index in [1.54, 1.807) is 4.72 Å². The Bertz CT molecular complexity index is 730. The SMILES string of the molecule is COc1c(C(=O)N(C)C)cc(Cl)cc1S(=O)(=O)NCC(F)(F)CN.Cl. The molecule has 0 radical (unpaired) electrons. The van der Waals surface area contributed by atoms with Crippen LogP contribution >= 0.6 is 24.0 Å². The number of nitrogens with two attached hydrogens (primary N) is 1. The maximum atomic E-state index is 13.2. The van der Waals surface area contributed by atoms with E-state index < -0.39 is 39.8 Å². The van der Waals surface area contributed by atoms with E-state index in [2.05, 4.69) is 0 Å². The first-order valence-corrected chi connectivity index (χ1v) is 8.48. The van der Waals surface area contributed by atoms with Crippen LogP contribution in [0.2, 0.25) is 5.02 Å². The second-order valence-corrected chi connectivity index (χ2v) is 7.24. The van der Waals surface area contributed by atoms with Crippen LogP contribution in [-0.2, 0) is 10.0 Å². The molecule has 0 saturated carbocycles. The summed E-state index contributed by atoms with van der Waals surface area (Å²) < 4.78 is 57.8. The van der Waals surface area contributed by atoms with Gasteiger partial charge in [-0.3, -0.25) is 4.79 Å². The van der Waals surface area contributed by atoms with Crippen LogP contribution in [0.4, 0.5) is 8.78 Å². The van der Waals surface area contributed by atoms with Gasteiger partial charge in [-0.15, -0.1) is 12.4 Å². The van der Waals surface area contributed by atoms with E-state index in [-0.39, 0.29) is 28.7 Å². The second kappa shape index (κ2) is 8.95. The minimum absolute atomic E-state index is 0. The summed E-state index contributed by atoms with van der Waals surface area (Å²) in [6.07, 6.45) is 0. The monoisotopic (exact) mass is 421 g/mol. The number of carbonyl (C=O) groups is 1. The molecule has 144 valence electrons. The van der Waals surface area contributed by atoms with Gasteiger partial charge >= 0.3 is 0 Å². The number of amides is 1. The third-order valence-electron chi connectivity index (χ3n) is 2.97. The smallest absolute Gasteiger partial charge is 0.273 e. The van der Waals surface area contributed by atoms with E-state index in [0.717, 1.165) is 13.2 Å². The molecule has 0 spiro atoms. The molecule has 1 aromatic rings. The van der Waals surface area contributed by atoms with E-state index in [0.29, 0.717) is 0 Å². The lowest BCUT2D eigenvalue weighted by Gasteiger charge is -2.19. The average Bonchev–Trinajstić information content (AvgIpc) is 2.51. The summed E-state index contributed by atoms with van der Waals surface area (Å²) in [4.78, 5) is 12.8. The molecule has 0 aliphatic heterocycles. The molecule has 0 unspecified atom stereocenters. The molecule has 0 bridgehead atoms. The Labute approximate surface area is 155 Å². The highest BCUT2D eigenvalue weighted by atomic mass is 35.5. The Morgan fingerprint density at radius 1 is 1.40 bits per heavy atom. The van der Waals surface area contributed by atoms with Crippen molar-refractivity contribution in [3.05, 3.63) is 22.7 Å². The lowest BCUT2D eigenvalue weighted by molar-refractivity contribution is 0.0170. The number of alkyl halides is 2. The first-order valence-electron chi connectivity index (χ1n) is 6.62. The molecule has 1 rings (SSSR count). The maximum absolute atomic E-state index is 13.2. The Balaban J connectivity index is 0.00000576. The van der Waals surface area contributed by atoms with E-state index in [9.17, 15) is 22.0 Å². The number of hydrogen-bond acceptors (Lipinski definition) is 5. The predicted octanol–water partition coefficient (Wildman–Crippen LogP) is 1.34. The van der Waals surface area contributed by atoms with Crippen molar-refractivity contribution >= 4 is 39.9 Å². The molecule has 1 aromatic carbocycles. The molecule has 3 N–H and O–H groups in total. The summed E-state index contributed by atoms with van der Waals surface area (Å²) in [5.74, 6) is -4.26. The highest BCUT2D eigenvalue weighted by molar-refractivity contribution is 7.89. The molecule has 12 heteroatoms. The standard InChI is InChI=1S/C13H18ClF2N3O4S.ClH/c1-19(2)12(20)9-4-8(14)5-10(11(9)23-3)24(21,22)18-7-13(15,16)6-17;/h4-5,18H,6-7,17H2,1-3H3;1H. The van der Waals surface area contributed by atoms with Gasteiger partial charge in [0.25, 0.3) is 11.8 Å². The zero-order chi connectivity index (χ0) is 18.7. The number of nitrogens with zero attached hydrogens (tertiary/aromatic N) is 1. The molecule has 0 aliphatic rings. The van der Waals surface area contributed by atoms with Crippen LogP contribution in [0.3, 0.4) is 0 Å².